The number of carbonyl (C=O) groups excluding carboxylic acids is 2. The zero-order chi connectivity index (χ0) is 21.8. The molecule has 1 heterocycles. The normalized spacial score (nSPS) is 19.8. The first-order chi connectivity index (χ1) is 15.0. The van der Waals surface area contributed by atoms with Gasteiger partial charge in [-0.1, -0.05) is 61.2 Å². The lowest BCUT2D eigenvalue weighted by Crippen LogP contribution is -2.33. The van der Waals surface area contributed by atoms with E-state index in [9.17, 15) is 9.59 Å². The number of carbonyl (C=O) groups is 2. The number of hydrogen-bond acceptors (Lipinski definition) is 3. The van der Waals surface area contributed by atoms with Gasteiger partial charge >= 0.3 is 0 Å². The maximum Gasteiger partial charge on any atom is 0.229 e. The average Bonchev–Trinajstić information content (AvgIpc) is 3.17. The number of amides is 2. The van der Waals surface area contributed by atoms with Crippen LogP contribution < -0.4 is 10.2 Å². The lowest BCUT2D eigenvalue weighted by Gasteiger charge is -2.31. The molecule has 0 radical (unpaired) electrons. The summed E-state index contributed by atoms with van der Waals surface area (Å²) in [4.78, 5) is 29.6. The van der Waals surface area contributed by atoms with Crippen LogP contribution in [0.3, 0.4) is 0 Å². The Bertz CT molecular complexity index is 942. The van der Waals surface area contributed by atoms with Crippen LogP contribution in [0.4, 0.5) is 11.4 Å². The highest BCUT2D eigenvalue weighted by Gasteiger charge is 2.36. The quantitative estimate of drug-likeness (QED) is 0.681. The minimum absolute atomic E-state index is 0.0708. The van der Waals surface area contributed by atoms with Gasteiger partial charge in [-0.2, -0.15) is 0 Å². The number of nitrogens with zero attached hydrogens (tertiary/aromatic N) is 2. The van der Waals surface area contributed by atoms with Crippen molar-refractivity contribution in [1.82, 2.24) is 4.90 Å². The second kappa shape index (κ2) is 9.84. The molecule has 0 spiro atoms. The topological polar surface area (TPSA) is 52.7 Å². The van der Waals surface area contributed by atoms with Crippen LogP contribution in [0.15, 0.2) is 48.5 Å². The molecule has 4 rings (SSSR count). The highest BCUT2D eigenvalue weighted by molar-refractivity contribution is 6.33. The largest absolute Gasteiger partial charge is 0.325 e. The van der Waals surface area contributed by atoms with Gasteiger partial charge in [0.2, 0.25) is 11.8 Å². The number of benzene rings is 2. The van der Waals surface area contributed by atoms with E-state index < -0.39 is 5.92 Å². The minimum atomic E-state index is -0.395. The molecule has 1 aliphatic carbocycles. The lowest BCUT2D eigenvalue weighted by molar-refractivity contribution is -0.122. The summed E-state index contributed by atoms with van der Waals surface area (Å²) in [6, 6.07) is 15.8. The Morgan fingerprint density at radius 1 is 1.10 bits per heavy atom. The van der Waals surface area contributed by atoms with E-state index in [-0.39, 0.29) is 18.2 Å². The Hall–Kier alpha value is -2.37. The molecule has 2 fully saturated rings. The molecular formula is C25H30ClN3O2. The predicted molar refractivity (Wildman–Crippen MR) is 125 cm³/mol. The summed E-state index contributed by atoms with van der Waals surface area (Å²) < 4.78 is 0. The molecule has 1 saturated carbocycles. The van der Waals surface area contributed by atoms with E-state index in [0.29, 0.717) is 23.3 Å². The van der Waals surface area contributed by atoms with Crippen LogP contribution in [0.25, 0.3) is 0 Å². The smallest absolute Gasteiger partial charge is 0.229 e. The van der Waals surface area contributed by atoms with Crippen molar-refractivity contribution < 1.29 is 9.59 Å². The average molecular weight is 440 g/mol. The first-order valence-corrected chi connectivity index (χ1v) is 11.5. The maximum absolute atomic E-state index is 13.0. The molecule has 2 amide bonds. The molecule has 5 nitrogen and oxygen atoms in total. The third kappa shape index (κ3) is 5.10. The van der Waals surface area contributed by atoms with E-state index in [1.165, 1.54) is 32.1 Å². The van der Waals surface area contributed by atoms with E-state index >= 15 is 0 Å². The third-order valence-electron chi connectivity index (χ3n) is 6.53. The molecular weight excluding hydrogens is 410 g/mol. The van der Waals surface area contributed by atoms with Gasteiger partial charge in [0.1, 0.15) is 0 Å². The fourth-order valence-electron chi connectivity index (χ4n) is 4.72. The van der Waals surface area contributed by atoms with Crippen LogP contribution in [0.5, 0.6) is 0 Å². The maximum atomic E-state index is 13.0. The van der Waals surface area contributed by atoms with E-state index in [2.05, 4.69) is 23.3 Å². The fraction of sp³-hybridized carbons (Fsp3) is 0.440. The minimum Gasteiger partial charge on any atom is -0.325 e. The van der Waals surface area contributed by atoms with Crippen molar-refractivity contribution in [2.45, 2.75) is 51.1 Å². The summed E-state index contributed by atoms with van der Waals surface area (Å²) in [7, 11) is 2.17. The van der Waals surface area contributed by atoms with Gasteiger partial charge in [0.25, 0.3) is 0 Å². The number of hydrogen-bond donors (Lipinski definition) is 1. The molecule has 1 unspecified atom stereocenters. The van der Waals surface area contributed by atoms with Gasteiger partial charge in [0.05, 0.1) is 16.6 Å². The second-order valence-electron chi connectivity index (χ2n) is 8.71. The van der Waals surface area contributed by atoms with Crippen LogP contribution in [-0.2, 0) is 16.1 Å². The summed E-state index contributed by atoms with van der Waals surface area (Å²) >= 11 is 6.26. The van der Waals surface area contributed by atoms with Crippen LogP contribution in [0.1, 0.15) is 44.1 Å². The van der Waals surface area contributed by atoms with Gasteiger partial charge in [-0.15, -0.1) is 0 Å². The summed E-state index contributed by atoms with van der Waals surface area (Å²) in [6.45, 7) is 1.15. The van der Waals surface area contributed by atoms with Crippen molar-refractivity contribution in [3.05, 3.63) is 59.1 Å². The molecule has 2 aliphatic rings. The molecule has 2 aromatic rings. The Kier molecular flexibility index (Phi) is 6.93. The first-order valence-electron chi connectivity index (χ1n) is 11.2. The Labute approximate surface area is 189 Å². The number of nitrogens with one attached hydrogen (secondary N) is 1. The standard InChI is InChI=1S/C25H30ClN3O2/c1-28(20-10-3-2-4-11-20)16-18-9-5-7-13-22(18)27-25(31)19-15-24(30)29(17-19)23-14-8-6-12-21(23)26/h5-9,12-14,19-20H,2-4,10-11,15-17H2,1H3,(H,27,31). The van der Waals surface area contributed by atoms with Gasteiger partial charge in [0.15, 0.2) is 0 Å². The predicted octanol–water partition coefficient (Wildman–Crippen LogP) is 5.10. The number of anilines is 2. The molecule has 1 atom stereocenters. The van der Waals surface area contributed by atoms with Crippen LogP contribution in [-0.4, -0.2) is 36.3 Å². The monoisotopic (exact) mass is 439 g/mol. The summed E-state index contributed by atoms with van der Waals surface area (Å²) in [5.41, 5.74) is 2.61. The number of para-hydroxylation sites is 2. The van der Waals surface area contributed by atoms with Crippen molar-refractivity contribution in [2.24, 2.45) is 5.92 Å². The van der Waals surface area contributed by atoms with E-state index in [0.717, 1.165) is 17.8 Å². The molecule has 0 aromatic heterocycles. The highest BCUT2D eigenvalue weighted by atomic mass is 35.5. The van der Waals surface area contributed by atoms with Crippen LogP contribution >= 0.6 is 11.6 Å². The molecule has 2 aromatic carbocycles. The second-order valence-corrected chi connectivity index (χ2v) is 9.12. The number of rotatable bonds is 6. The molecule has 0 bridgehead atoms. The van der Waals surface area contributed by atoms with Gasteiger partial charge < -0.3 is 10.2 Å². The summed E-state index contributed by atoms with van der Waals surface area (Å²) in [5.74, 6) is -0.581. The van der Waals surface area contributed by atoms with Crippen molar-refractivity contribution >= 4 is 34.8 Å². The zero-order valence-electron chi connectivity index (χ0n) is 18.0. The Morgan fingerprint density at radius 3 is 2.58 bits per heavy atom. The van der Waals surface area contributed by atoms with E-state index in [1.54, 1.807) is 11.0 Å². The molecule has 164 valence electrons. The SMILES string of the molecule is CN(Cc1ccccc1NC(=O)C1CC(=O)N(c2ccccc2Cl)C1)C1CCCCC1. The third-order valence-corrected chi connectivity index (χ3v) is 6.85. The van der Waals surface area contributed by atoms with Crippen molar-refractivity contribution in [3.63, 3.8) is 0 Å². The Balaban J connectivity index is 1.42. The highest BCUT2D eigenvalue weighted by Crippen LogP contribution is 2.32. The zero-order valence-corrected chi connectivity index (χ0v) is 18.8. The Morgan fingerprint density at radius 2 is 1.81 bits per heavy atom. The first kappa shape index (κ1) is 21.8. The summed E-state index contributed by atoms with van der Waals surface area (Å²) in [6.07, 6.45) is 6.61. The summed E-state index contributed by atoms with van der Waals surface area (Å²) in [5, 5.41) is 3.61. The van der Waals surface area contributed by atoms with Crippen LogP contribution in [0.2, 0.25) is 5.02 Å². The fourth-order valence-corrected chi connectivity index (χ4v) is 4.96. The van der Waals surface area contributed by atoms with E-state index in [4.69, 9.17) is 11.6 Å². The number of halogens is 1. The lowest BCUT2D eigenvalue weighted by atomic mass is 9.94. The van der Waals surface area contributed by atoms with Gasteiger partial charge in [0, 0.05) is 31.2 Å². The van der Waals surface area contributed by atoms with E-state index in [1.807, 2.05) is 36.4 Å². The van der Waals surface area contributed by atoms with Gasteiger partial charge in [-0.25, -0.2) is 0 Å². The molecule has 31 heavy (non-hydrogen) atoms. The van der Waals surface area contributed by atoms with Gasteiger partial charge in [-0.3, -0.25) is 14.5 Å². The van der Waals surface area contributed by atoms with Crippen molar-refractivity contribution in [3.8, 4) is 0 Å². The van der Waals surface area contributed by atoms with Gasteiger partial charge in [-0.05, 0) is 43.7 Å². The molecule has 1 N–H and O–H groups in total. The molecule has 1 aliphatic heterocycles. The molecule has 1 saturated heterocycles. The molecule has 6 heteroatoms. The van der Waals surface area contributed by atoms with Crippen molar-refractivity contribution in [1.29, 1.82) is 0 Å². The van der Waals surface area contributed by atoms with Crippen LogP contribution in [0, 0.1) is 5.92 Å². The van der Waals surface area contributed by atoms with Crippen molar-refractivity contribution in [2.75, 3.05) is 23.8 Å².